The Hall–Kier alpha value is -1.62. The molecule has 7 heteroatoms. The van der Waals surface area contributed by atoms with Gasteiger partial charge in [0.25, 0.3) is 0 Å². The summed E-state index contributed by atoms with van der Waals surface area (Å²) in [5.74, 6) is 0. The van der Waals surface area contributed by atoms with Gasteiger partial charge < -0.3 is 15.9 Å². The van der Waals surface area contributed by atoms with E-state index in [0.29, 0.717) is 12.1 Å². The lowest BCUT2D eigenvalue weighted by atomic mass is 9.97. The predicted octanol–water partition coefficient (Wildman–Crippen LogP) is 1.32. The number of benzene rings is 1. The Bertz CT molecular complexity index is 483. The van der Waals surface area contributed by atoms with Crippen LogP contribution in [0.2, 0.25) is 0 Å². The highest BCUT2D eigenvalue weighted by Crippen LogP contribution is 2.32. The second kappa shape index (κ2) is 6.02. The van der Waals surface area contributed by atoms with Gasteiger partial charge in [-0.15, -0.1) is 0 Å². The molecular weight excluding hydrogens is 261 g/mol. The van der Waals surface area contributed by atoms with Gasteiger partial charge in [-0.2, -0.15) is 18.4 Å². The molecule has 19 heavy (non-hydrogen) atoms. The highest BCUT2D eigenvalue weighted by Gasteiger charge is 2.32. The highest BCUT2D eigenvalue weighted by atomic mass is 19.4. The minimum atomic E-state index is -4.62. The minimum Gasteiger partial charge on any atom is -0.390 e. The fourth-order valence-electron chi connectivity index (χ4n) is 1.60. The average Bonchev–Trinajstić information content (AvgIpc) is 2.36. The molecule has 104 valence electrons. The second-order valence-corrected chi connectivity index (χ2v) is 4.04. The quantitative estimate of drug-likeness (QED) is 0.772. The summed E-state index contributed by atoms with van der Waals surface area (Å²) < 4.78 is 37.9. The van der Waals surface area contributed by atoms with E-state index >= 15 is 0 Å². The molecule has 2 unspecified atom stereocenters. The topological polar surface area (TPSA) is 90.3 Å². The van der Waals surface area contributed by atoms with Crippen LogP contribution in [0.3, 0.4) is 0 Å². The van der Waals surface area contributed by atoms with Crippen molar-refractivity contribution in [2.24, 2.45) is 5.73 Å². The molecule has 0 heterocycles. The van der Waals surface area contributed by atoms with Crippen molar-refractivity contribution in [1.82, 2.24) is 0 Å². The second-order valence-electron chi connectivity index (χ2n) is 4.04. The van der Waals surface area contributed by atoms with Gasteiger partial charge in [0.05, 0.1) is 23.3 Å². The molecule has 0 aliphatic rings. The van der Waals surface area contributed by atoms with E-state index < -0.39 is 23.9 Å². The van der Waals surface area contributed by atoms with Crippen molar-refractivity contribution in [2.75, 3.05) is 6.54 Å². The summed E-state index contributed by atoms with van der Waals surface area (Å²) in [6.07, 6.45) is -7.38. The number of nitrogens with two attached hydrogens (primary N) is 1. The molecule has 1 rings (SSSR count). The molecule has 0 fully saturated rings. The van der Waals surface area contributed by atoms with Gasteiger partial charge in [0.15, 0.2) is 0 Å². The van der Waals surface area contributed by atoms with Gasteiger partial charge in [-0.05, 0) is 36.7 Å². The average molecular weight is 274 g/mol. The molecule has 0 saturated carbocycles. The summed E-state index contributed by atoms with van der Waals surface area (Å²) in [4.78, 5) is 0. The highest BCUT2D eigenvalue weighted by molar-refractivity contribution is 5.39. The Labute approximate surface area is 107 Å². The SMILES string of the molecule is N#Cc1cc(C(O)C(O)CCN)cc(C(F)(F)F)c1. The maximum absolute atomic E-state index is 12.6. The maximum Gasteiger partial charge on any atom is 0.416 e. The third-order valence-electron chi connectivity index (χ3n) is 2.58. The number of alkyl halides is 3. The Morgan fingerprint density at radius 2 is 1.89 bits per heavy atom. The van der Waals surface area contributed by atoms with Crippen molar-refractivity contribution < 1.29 is 23.4 Å². The van der Waals surface area contributed by atoms with E-state index in [2.05, 4.69) is 0 Å². The normalized spacial score (nSPS) is 14.8. The van der Waals surface area contributed by atoms with Gasteiger partial charge in [0.1, 0.15) is 6.10 Å². The van der Waals surface area contributed by atoms with E-state index in [1.54, 1.807) is 6.07 Å². The lowest BCUT2D eigenvalue weighted by molar-refractivity contribution is -0.137. The van der Waals surface area contributed by atoms with Crippen LogP contribution in [0, 0.1) is 11.3 Å². The summed E-state index contributed by atoms with van der Waals surface area (Å²) >= 11 is 0. The molecule has 0 aliphatic carbocycles. The summed E-state index contributed by atoms with van der Waals surface area (Å²) in [6.45, 7) is 0.0856. The molecule has 0 amide bonds. The largest absolute Gasteiger partial charge is 0.416 e. The first-order chi connectivity index (χ1) is 8.79. The minimum absolute atomic E-state index is 0.0410. The molecule has 4 N–H and O–H groups in total. The molecule has 0 radical (unpaired) electrons. The first kappa shape index (κ1) is 15.4. The van der Waals surface area contributed by atoms with Crippen molar-refractivity contribution in [3.8, 4) is 6.07 Å². The third-order valence-corrected chi connectivity index (χ3v) is 2.58. The van der Waals surface area contributed by atoms with Crippen molar-refractivity contribution in [3.05, 3.63) is 34.9 Å². The fraction of sp³-hybridized carbons (Fsp3) is 0.417. The van der Waals surface area contributed by atoms with Crippen LogP contribution in [0.1, 0.15) is 29.2 Å². The molecule has 4 nitrogen and oxygen atoms in total. The molecule has 1 aromatic carbocycles. The van der Waals surface area contributed by atoms with Crippen molar-refractivity contribution in [1.29, 1.82) is 5.26 Å². The summed E-state index contributed by atoms with van der Waals surface area (Å²) in [7, 11) is 0. The summed E-state index contributed by atoms with van der Waals surface area (Å²) in [5, 5.41) is 28.0. The smallest absolute Gasteiger partial charge is 0.390 e. The van der Waals surface area contributed by atoms with E-state index in [1.807, 2.05) is 0 Å². The van der Waals surface area contributed by atoms with Gasteiger partial charge >= 0.3 is 6.18 Å². The molecule has 0 spiro atoms. The van der Waals surface area contributed by atoms with Gasteiger partial charge in [0, 0.05) is 0 Å². The monoisotopic (exact) mass is 274 g/mol. The molecule has 2 atom stereocenters. The van der Waals surface area contributed by atoms with Crippen LogP contribution in [-0.4, -0.2) is 22.9 Å². The van der Waals surface area contributed by atoms with Crippen molar-refractivity contribution >= 4 is 0 Å². The van der Waals surface area contributed by atoms with E-state index in [1.165, 1.54) is 0 Å². The zero-order valence-electron chi connectivity index (χ0n) is 9.85. The lowest BCUT2D eigenvalue weighted by Crippen LogP contribution is -2.22. The van der Waals surface area contributed by atoms with Gasteiger partial charge in [0.2, 0.25) is 0 Å². The number of nitrogens with zero attached hydrogens (tertiary/aromatic N) is 1. The van der Waals surface area contributed by atoms with Gasteiger partial charge in [-0.1, -0.05) is 0 Å². The van der Waals surface area contributed by atoms with E-state index in [0.717, 1.165) is 6.07 Å². The number of rotatable bonds is 4. The summed E-state index contributed by atoms with van der Waals surface area (Å²) in [5.41, 5.74) is 3.76. The Balaban J connectivity index is 3.18. The van der Waals surface area contributed by atoms with E-state index in [-0.39, 0.29) is 24.1 Å². The Morgan fingerprint density at radius 1 is 1.26 bits per heavy atom. The number of halogens is 3. The number of nitriles is 1. The Kier molecular flexibility index (Phi) is 4.89. The zero-order chi connectivity index (χ0) is 14.6. The van der Waals surface area contributed by atoms with Crippen LogP contribution in [0.5, 0.6) is 0 Å². The standard InChI is InChI=1S/C12H13F3N2O2/c13-12(14,15)9-4-7(6-17)3-8(5-9)11(19)10(18)1-2-16/h3-5,10-11,18-19H,1-2,16H2. The number of hydrogen-bond donors (Lipinski definition) is 3. The number of aliphatic hydroxyl groups is 2. The number of aliphatic hydroxyl groups excluding tert-OH is 2. The lowest BCUT2D eigenvalue weighted by Gasteiger charge is -2.19. The van der Waals surface area contributed by atoms with E-state index in [4.69, 9.17) is 11.0 Å². The van der Waals surface area contributed by atoms with Crippen LogP contribution in [0.4, 0.5) is 13.2 Å². The third kappa shape index (κ3) is 3.92. The molecule has 0 aliphatic heterocycles. The van der Waals surface area contributed by atoms with Gasteiger partial charge in [-0.25, -0.2) is 0 Å². The van der Waals surface area contributed by atoms with Crippen molar-refractivity contribution in [3.63, 3.8) is 0 Å². The van der Waals surface area contributed by atoms with Gasteiger partial charge in [-0.3, -0.25) is 0 Å². The van der Waals surface area contributed by atoms with Crippen LogP contribution in [0.25, 0.3) is 0 Å². The zero-order valence-corrected chi connectivity index (χ0v) is 9.85. The van der Waals surface area contributed by atoms with Crippen LogP contribution in [-0.2, 0) is 6.18 Å². The van der Waals surface area contributed by atoms with E-state index in [9.17, 15) is 23.4 Å². The molecule has 1 aromatic rings. The molecular formula is C12H13F3N2O2. The molecule has 0 bridgehead atoms. The molecule has 0 saturated heterocycles. The van der Waals surface area contributed by atoms with Crippen molar-refractivity contribution in [2.45, 2.75) is 24.8 Å². The Morgan fingerprint density at radius 3 is 2.37 bits per heavy atom. The van der Waals surface area contributed by atoms with Crippen LogP contribution < -0.4 is 5.73 Å². The summed E-state index contributed by atoms with van der Waals surface area (Å²) in [6, 6.07) is 4.10. The number of hydrogen-bond acceptors (Lipinski definition) is 4. The first-order valence-corrected chi connectivity index (χ1v) is 5.48. The predicted molar refractivity (Wildman–Crippen MR) is 60.8 cm³/mol. The fourth-order valence-corrected chi connectivity index (χ4v) is 1.60. The first-order valence-electron chi connectivity index (χ1n) is 5.48. The maximum atomic E-state index is 12.6. The molecule has 0 aromatic heterocycles. The van der Waals surface area contributed by atoms with Crippen LogP contribution >= 0.6 is 0 Å². The van der Waals surface area contributed by atoms with Crippen LogP contribution in [0.15, 0.2) is 18.2 Å².